The Morgan fingerprint density at radius 3 is 2.56 bits per heavy atom. The largest absolute Gasteiger partial charge is 0.378 e. The highest BCUT2D eigenvalue weighted by Crippen LogP contribution is 2.28. The van der Waals surface area contributed by atoms with Gasteiger partial charge in [-0.1, -0.05) is 48.2 Å². The van der Waals surface area contributed by atoms with Crippen LogP contribution in [0.1, 0.15) is 23.9 Å². The Bertz CT molecular complexity index is 1390. The number of aryl methyl sites for hydroxylation is 2. The smallest absolute Gasteiger partial charge is 0.271 e. The second-order valence-corrected chi connectivity index (χ2v) is 9.61. The number of para-hydroxylation sites is 1. The molecule has 1 heterocycles. The first-order chi connectivity index (χ1) is 17.3. The quantitative estimate of drug-likeness (QED) is 0.176. The van der Waals surface area contributed by atoms with Crippen molar-refractivity contribution in [2.24, 2.45) is 0 Å². The molecule has 4 rings (SSSR count). The van der Waals surface area contributed by atoms with Crippen LogP contribution in [0.5, 0.6) is 0 Å². The Morgan fingerprint density at radius 1 is 1.06 bits per heavy atom. The summed E-state index contributed by atoms with van der Waals surface area (Å²) in [5.41, 5.74) is 4.09. The first-order valence-electron chi connectivity index (χ1n) is 11.3. The molecule has 3 aromatic carbocycles. The number of aromatic nitrogens is 3. The molecule has 0 aliphatic rings. The molecule has 1 aromatic heterocycles. The van der Waals surface area contributed by atoms with Crippen LogP contribution in [0.4, 0.5) is 17.1 Å². The van der Waals surface area contributed by atoms with Crippen molar-refractivity contribution in [3.05, 3.63) is 99.9 Å². The van der Waals surface area contributed by atoms with Crippen molar-refractivity contribution in [2.75, 3.05) is 10.6 Å². The number of nitro benzene ring substituents is 1. The van der Waals surface area contributed by atoms with Crippen molar-refractivity contribution in [2.45, 2.75) is 37.7 Å². The lowest BCUT2D eigenvalue weighted by molar-refractivity contribution is -0.384. The van der Waals surface area contributed by atoms with Gasteiger partial charge in [0.05, 0.1) is 22.4 Å². The third kappa shape index (κ3) is 5.89. The van der Waals surface area contributed by atoms with Gasteiger partial charge in [0.1, 0.15) is 0 Å². The molecule has 1 atom stereocenters. The van der Waals surface area contributed by atoms with Crippen molar-refractivity contribution in [1.82, 2.24) is 14.8 Å². The molecule has 0 unspecified atom stereocenters. The van der Waals surface area contributed by atoms with Gasteiger partial charge in [0.15, 0.2) is 11.0 Å². The number of nitrogens with zero attached hydrogens (tertiary/aromatic N) is 4. The lowest BCUT2D eigenvalue weighted by atomic mass is 10.2. The van der Waals surface area contributed by atoms with Crippen molar-refractivity contribution in [3.63, 3.8) is 0 Å². The molecule has 10 heteroatoms. The summed E-state index contributed by atoms with van der Waals surface area (Å²) in [6.45, 7) is 6.03. The van der Waals surface area contributed by atoms with E-state index in [1.54, 1.807) is 19.9 Å². The standard InChI is InChI=1S/C26H26N6O3S/c1-17-8-7-9-20(14-17)27-16-24-29-30-26(31(24)21-10-5-4-6-11-21)36-19(3)25(33)28-23-15-22(32(34)35)13-12-18(23)2/h4-15,19,27H,16H2,1-3H3,(H,28,33)/t19-/m0/s1. The molecule has 9 nitrogen and oxygen atoms in total. The van der Waals surface area contributed by atoms with Gasteiger partial charge in [0, 0.05) is 23.5 Å². The Labute approximate surface area is 213 Å². The highest BCUT2D eigenvalue weighted by molar-refractivity contribution is 8.00. The van der Waals surface area contributed by atoms with Gasteiger partial charge in [-0.05, 0) is 56.2 Å². The predicted octanol–water partition coefficient (Wildman–Crippen LogP) is 5.52. The summed E-state index contributed by atoms with van der Waals surface area (Å²) in [6, 6.07) is 22.2. The van der Waals surface area contributed by atoms with Crippen LogP contribution in [-0.4, -0.2) is 30.8 Å². The molecule has 184 valence electrons. The second-order valence-electron chi connectivity index (χ2n) is 8.30. The molecule has 0 bridgehead atoms. The van der Waals surface area contributed by atoms with Gasteiger partial charge < -0.3 is 10.6 Å². The third-order valence-electron chi connectivity index (χ3n) is 5.52. The molecule has 1 amide bonds. The molecule has 0 fully saturated rings. The fourth-order valence-corrected chi connectivity index (χ4v) is 4.45. The average molecular weight is 503 g/mol. The van der Waals surface area contributed by atoms with Crippen LogP contribution in [-0.2, 0) is 11.3 Å². The summed E-state index contributed by atoms with van der Waals surface area (Å²) >= 11 is 1.27. The minimum absolute atomic E-state index is 0.0780. The lowest BCUT2D eigenvalue weighted by Crippen LogP contribution is -2.23. The third-order valence-corrected chi connectivity index (χ3v) is 6.57. The van der Waals surface area contributed by atoms with Crippen molar-refractivity contribution in [3.8, 4) is 5.69 Å². The number of hydrogen-bond donors (Lipinski definition) is 2. The zero-order chi connectivity index (χ0) is 25.7. The van der Waals surface area contributed by atoms with Gasteiger partial charge in [0.2, 0.25) is 5.91 Å². The van der Waals surface area contributed by atoms with Crippen LogP contribution in [0.2, 0.25) is 0 Å². The molecule has 0 saturated carbocycles. The fourth-order valence-electron chi connectivity index (χ4n) is 3.57. The van der Waals surface area contributed by atoms with E-state index < -0.39 is 10.2 Å². The summed E-state index contributed by atoms with van der Waals surface area (Å²) < 4.78 is 1.93. The lowest BCUT2D eigenvalue weighted by Gasteiger charge is -2.15. The molecule has 2 N–H and O–H groups in total. The number of hydrogen-bond acceptors (Lipinski definition) is 7. The van der Waals surface area contributed by atoms with Gasteiger partial charge in [-0.2, -0.15) is 0 Å². The van der Waals surface area contributed by atoms with Crippen molar-refractivity contribution in [1.29, 1.82) is 0 Å². The first-order valence-corrected chi connectivity index (χ1v) is 12.2. The predicted molar refractivity (Wildman–Crippen MR) is 142 cm³/mol. The van der Waals surface area contributed by atoms with Crippen LogP contribution >= 0.6 is 11.8 Å². The van der Waals surface area contributed by atoms with Gasteiger partial charge in [-0.3, -0.25) is 19.5 Å². The summed E-state index contributed by atoms with van der Waals surface area (Å²) in [7, 11) is 0. The van der Waals surface area contributed by atoms with Gasteiger partial charge in [-0.25, -0.2) is 0 Å². The van der Waals surface area contributed by atoms with E-state index in [4.69, 9.17) is 0 Å². The maximum Gasteiger partial charge on any atom is 0.271 e. The number of nitrogens with one attached hydrogen (secondary N) is 2. The Kier molecular flexibility index (Phi) is 7.65. The molecular weight excluding hydrogens is 476 g/mol. The topological polar surface area (TPSA) is 115 Å². The number of non-ortho nitro benzene ring substituents is 1. The number of amides is 1. The summed E-state index contributed by atoms with van der Waals surface area (Å²) in [6.07, 6.45) is 0. The van der Waals surface area contributed by atoms with E-state index in [-0.39, 0.29) is 11.6 Å². The van der Waals surface area contributed by atoms with Gasteiger partial charge in [-0.15, -0.1) is 10.2 Å². The van der Waals surface area contributed by atoms with E-state index in [1.165, 1.54) is 23.9 Å². The number of carbonyl (C=O) groups excluding carboxylic acids is 1. The van der Waals surface area contributed by atoms with E-state index in [0.717, 1.165) is 22.5 Å². The molecule has 0 aliphatic carbocycles. The van der Waals surface area contributed by atoms with E-state index in [9.17, 15) is 14.9 Å². The van der Waals surface area contributed by atoms with E-state index in [0.29, 0.717) is 23.2 Å². The van der Waals surface area contributed by atoms with Gasteiger partial charge >= 0.3 is 0 Å². The fraction of sp³-hybridized carbons (Fsp3) is 0.192. The molecule has 0 saturated heterocycles. The summed E-state index contributed by atoms with van der Waals surface area (Å²) in [5.74, 6) is 0.415. The first kappa shape index (κ1) is 24.9. The van der Waals surface area contributed by atoms with Crippen molar-refractivity contribution >= 4 is 34.7 Å². The normalized spacial score (nSPS) is 11.6. The number of carbonyl (C=O) groups is 1. The van der Waals surface area contributed by atoms with Crippen LogP contribution in [0, 0.1) is 24.0 Å². The van der Waals surface area contributed by atoms with Crippen molar-refractivity contribution < 1.29 is 9.72 Å². The zero-order valence-electron chi connectivity index (χ0n) is 20.1. The molecule has 4 aromatic rings. The minimum atomic E-state index is -0.534. The van der Waals surface area contributed by atoms with Crippen LogP contribution in [0.25, 0.3) is 5.69 Å². The monoisotopic (exact) mass is 502 g/mol. The molecule has 36 heavy (non-hydrogen) atoms. The SMILES string of the molecule is Cc1cccc(NCc2nnc(S[C@@H](C)C(=O)Nc3cc([N+](=O)[O-])ccc3C)n2-c2ccccc2)c1. The Balaban J connectivity index is 1.54. The second kappa shape index (κ2) is 11.0. The molecule has 0 aliphatic heterocycles. The molecular formula is C26H26N6O3S. The summed E-state index contributed by atoms with van der Waals surface area (Å²) in [5, 5.41) is 26.1. The van der Waals surface area contributed by atoms with Crippen LogP contribution in [0.15, 0.2) is 78.0 Å². The minimum Gasteiger partial charge on any atom is -0.378 e. The maximum atomic E-state index is 13.0. The number of anilines is 2. The van der Waals surface area contributed by atoms with Crippen LogP contribution < -0.4 is 10.6 Å². The Morgan fingerprint density at radius 2 is 1.83 bits per heavy atom. The molecule has 0 radical (unpaired) electrons. The zero-order valence-corrected chi connectivity index (χ0v) is 21.0. The summed E-state index contributed by atoms with van der Waals surface area (Å²) in [4.78, 5) is 23.6. The maximum absolute atomic E-state index is 13.0. The Hall–Kier alpha value is -4.18. The number of benzene rings is 3. The highest BCUT2D eigenvalue weighted by Gasteiger charge is 2.22. The van der Waals surface area contributed by atoms with E-state index in [2.05, 4.69) is 26.9 Å². The number of nitro groups is 1. The van der Waals surface area contributed by atoms with E-state index in [1.807, 2.05) is 60.0 Å². The van der Waals surface area contributed by atoms with Gasteiger partial charge in [0.25, 0.3) is 5.69 Å². The molecule has 0 spiro atoms. The van der Waals surface area contributed by atoms with Crippen LogP contribution in [0.3, 0.4) is 0 Å². The number of rotatable bonds is 9. The average Bonchev–Trinajstić information content (AvgIpc) is 3.26. The highest BCUT2D eigenvalue weighted by atomic mass is 32.2. The number of thioether (sulfide) groups is 1. The van der Waals surface area contributed by atoms with E-state index >= 15 is 0 Å².